The van der Waals surface area contributed by atoms with Crippen molar-refractivity contribution in [1.82, 2.24) is 4.42 Å². The third-order valence-corrected chi connectivity index (χ3v) is 2.55. The highest BCUT2D eigenvalue weighted by molar-refractivity contribution is 6.14. The second kappa shape index (κ2) is 5.73. The van der Waals surface area contributed by atoms with E-state index < -0.39 is 6.04 Å². The maximum atomic E-state index is 11.2. The van der Waals surface area contributed by atoms with Crippen LogP contribution in [-0.2, 0) is 16.1 Å². The molecule has 0 fully saturated rings. The van der Waals surface area contributed by atoms with Crippen LogP contribution < -0.4 is 0 Å². The van der Waals surface area contributed by atoms with E-state index in [0.29, 0.717) is 6.54 Å². The molecule has 3 nitrogen and oxygen atoms in total. The first kappa shape index (κ1) is 12.0. The van der Waals surface area contributed by atoms with Gasteiger partial charge in [-0.15, -0.1) is 0 Å². The second-order valence-electron chi connectivity index (χ2n) is 3.24. The van der Waals surface area contributed by atoms with E-state index in [0.717, 1.165) is 5.56 Å². The Kier molecular flexibility index (Phi) is 4.59. The smallest absolute Gasteiger partial charge is 0.324 e. The van der Waals surface area contributed by atoms with Crippen molar-refractivity contribution >= 4 is 17.7 Å². The lowest BCUT2D eigenvalue weighted by Crippen LogP contribution is -2.32. The van der Waals surface area contributed by atoms with Crippen LogP contribution in [0.15, 0.2) is 30.3 Å². The minimum atomic E-state index is -0.447. The fourth-order valence-corrected chi connectivity index (χ4v) is 1.40. The van der Waals surface area contributed by atoms with Crippen molar-refractivity contribution in [3.63, 3.8) is 0 Å². The number of rotatable bonds is 4. The minimum Gasteiger partial charge on any atom is -0.468 e. The molecular weight excluding hydrogens is 214 g/mol. The average Bonchev–Trinajstić information content (AvgIpc) is 2.28. The Labute approximate surface area is 94.7 Å². The van der Waals surface area contributed by atoms with Crippen LogP contribution in [0.25, 0.3) is 0 Å². The zero-order chi connectivity index (χ0) is 11.3. The van der Waals surface area contributed by atoms with Gasteiger partial charge in [0.25, 0.3) is 0 Å². The van der Waals surface area contributed by atoms with Crippen LogP contribution in [-0.4, -0.2) is 23.5 Å². The molecule has 0 saturated heterocycles. The molecule has 4 heteroatoms. The summed E-state index contributed by atoms with van der Waals surface area (Å²) in [5, 5.41) is 0. The minimum absolute atomic E-state index is 0.332. The lowest BCUT2D eigenvalue weighted by Gasteiger charge is -2.19. The van der Waals surface area contributed by atoms with Crippen LogP contribution in [0.5, 0.6) is 0 Å². The lowest BCUT2D eigenvalue weighted by molar-refractivity contribution is -0.144. The first-order valence-corrected chi connectivity index (χ1v) is 5.03. The van der Waals surface area contributed by atoms with Gasteiger partial charge in [0.05, 0.1) is 7.11 Å². The Bertz CT molecular complexity index is 316. The SMILES string of the molecule is COC(=O)[C@H](C)N(Cl)Cc1ccccc1. The van der Waals surface area contributed by atoms with Gasteiger partial charge in [-0.25, -0.2) is 4.42 Å². The van der Waals surface area contributed by atoms with Gasteiger partial charge in [0, 0.05) is 6.54 Å². The molecular formula is C11H14ClNO2. The van der Waals surface area contributed by atoms with Gasteiger partial charge in [-0.2, -0.15) is 0 Å². The van der Waals surface area contributed by atoms with Crippen molar-refractivity contribution in [2.45, 2.75) is 19.5 Å². The van der Waals surface area contributed by atoms with E-state index in [-0.39, 0.29) is 5.97 Å². The van der Waals surface area contributed by atoms with E-state index in [1.165, 1.54) is 11.5 Å². The molecule has 0 unspecified atom stereocenters. The van der Waals surface area contributed by atoms with Crippen LogP contribution in [0.4, 0.5) is 0 Å². The van der Waals surface area contributed by atoms with Gasteiger partial charge in [-0.3, -0.25) is 4.79 Å². The van der Waals surface area contributed by atoms with Crippen molar-refractivity contribution in [1.29, 1.82) is 0 Å². The zero-order valence-electron chi connectivity index (χ0n) is 8.81. The summed E-state index contributed by atoms with van der Waals surface area (Å²) < 4.78 is 6.04. The highest BCUT2D eigenvalue weighted by Gasteiger charge is 2.20. The number of methoxy groups -OCH3 is 1. The summed E-state index contributed by atoms with van der Waals surface area (Å²) in [7, 11) is 1.35. The number of hydrogen-bond donors (Lipinski definition) is 0. The van der Waals surface area contributed by atoms with Crippen LogP contribution >= 0.6 is 11.8 Å². The van der Waals surface area contributed by atoms with Gasteiger partial charge in [-0.05, 0) is 24.3 Å². The van der Waals surface area contributed by atoms with Gasteiger partial charge < -0.3 is 4.74 Å². The number of ether oxygens (including phenoxy) is 1. The summed E-state index contributed by atoms with van der Waals surface area (Å²) in [5.41, 5.74) is 1.06. The monoisotopic (exact) mass is 227 g/mol. The number of carbonyl (C=O) groups is 1. The molecule has 15 heavy (non-hydrogen) atoms. The Hall–Kier alpha value is -1.06. The number of hydrogen-bond acceptors (Lipinski definition) is 3. The van der Waals surface area contributed by atoms with Gasteiger partial charge in [0.2, 0.25) is 0 Å². The molecule has 0 aliphatic rings. The molecule has 0 bridgehead atoms. The van der Waals surface area contributed by atoms with Crippen molar-refractivity contribution in [3.05, 3.63) is 35.9 Å². The fraction of sp³-hybridized carbons (Fsp3) is 0.364. The summed E-state index contributed by atoms with van der Waals surface area (Å²) in [6, 6.07) is 9.27. The Morgan fingerprint density at radius 1 is 1.47 bits per heavy atom. The molecule has 0 aliphatic heterocycles. The maximum Gasteiger partial charge on any atom is 0.324 e. The zero-order valence-corrected chi connectivity index (χ0v) is 9.57. The standard InChI is InChI=1S/C11H14ClNO2/c1-9(11(14)15-2)13(12)8-10-6-4-3-5-7-10/h3-7,9H,8H2,1-2H3/t9-/m0/s1. The molecule has 0 spiro atoms. The summed E-state index contributed by atoms with van der Waals surface area (Å²) in [4.78, 5) is 11.2. The average molecular weight is 228 g/mol. The fourth-order valence-electron chi connectivity index (χ4n) is 1.18. The van der Waals surface area contributed by atoms with E-state index in [2.05, 4.69) is 4.74 Å². The van der Waals surface area contributed by atoms with Crippen LogP contribution in [0.1, 0.15) is 12.5 Å². The Balaban J connectivity index is 2.56. The molecule has 0 aromatic heterocycles. The van der Waals surface area contributed by atoms with Crippen LogP contribution in [0.2, 0.25) is 0 Å². The summed E-state index contributed by atoms with van der Waals surface area (Å²) in [6.07, 6.45) is 0. The third-order valence-electron chi connectivity index (χ3n) is 2.14. The molecule has 0 saturated carbocycles. The molecule has 0 aliphatic carbocycles. The van der Waals surface area contributed by atoms with Crippen LogP contribution in [0, 0.1) is 0 Å². The first-order valence-electron chi connectivity index (χ1n) is 4.69. The summed E-state index contributed by atoms with van der Waals surface area (Å²) in [6.45, 7) is 2.22. The van der Waals surface area contributed by atoms with Crippen molar-refractivity contribution < 1.29 is 9.53 Å². The third kappa shape index (κ3) is 3.53. The van der Waals surface area contributed by atoms with Crippen LogP contribution in [0.3, 0.4) is 0 Å². The molecule has 1 aromatic rings. The highest BCUT2D eigenvalue weighted by atomic mass is 35.5. The summed E-state index contributed by atoms with van der Waals surface area (Å²) >= 11 is 5.97. The maximum absolute atomic E-state index is 11.2. The molecule has 0 heterocycles. The Morgan fingerprint density at radius 3 is 2.60 bits per heavy atom. The molecule has 0 amide bonds. The largest absolute Gasteiger partial charge is 0.468 e. The molecule has 1 atom stereocenters. The predicted molar refractivity (Wildman–Crippen MR) is 59.3 cm³/mol. The quantitative estimate of drug-likeness (QED) is 0.584. The van der Waals surface area contributed by atoms with E-state index in [9.17, 15) is 4.79 Å². The normalized spacial score (nSPS) is 12.5. The lowest BCUT2D eigenvalue weighted by atomic mass is 10.2. The molecule has 1 rings (SSSR count). The topological polar surface area (TPSA) is 29.5 Å². The molecule has 0 N–H and O–H groups in total. The van der Waals surface area contributed by atoms with Crippen molar-refractivity contribution in [3.8, 4) is 0 Å². The number of carbonyl (C=O) groups excluding carboxylic acids is 1. The van der Waals surface area contributed by atoms with Crippen molar-refractivity contribution in [2.24, 2.45) is 0 Å². The molecule has 82 valence electrons. The van der Waals surface area contributed by atoms with Crippen molar-refractivity contribution in [2.75, 3.05) is 7.11 Å². The van der Waals surface area contributed by atoms with E-state index >= 15 is 0 Å². The van der Waals surface area contributed by atoms with Gasteiger partial charge >= 0.3 is 5.97 Å². The van der Waals surface area contributed by atoms with Gasteiger partial charge in [0.1, 0.15) is 6.04 Å². The number of esters is 1. The second-order valence-corrected chi connectivity index (χ2v) is 3.68. The van der Waals surface area contributed by atoms with E-state index in [1.807, 2.05) is 30.3 Å². The van der Waals surface area contributed by atoms with Gasteiger partial charge in [0.15, 0.2) is 0 Å². The molecule has 1 aromatic carbocycles. The van der Waals surface area contributed by atoms with E-state index in [1.54, 1.807) is 6.92 Å². The number of halogens is 1. The number of benzene rings is 1. The molecule has 0 radical (unpaired) electrons. The van der Waals surface area contributed by atoms with E-state index in [4.69, 9.17) is 11.8 Å². The highest BCUT2D eigenvalue weighted by Crippen LogP contribution is 2.11. The summed E-state index contributed by atoms with van der Waals surface area (Å²) in [5.74, 6) is -0.332. The predicted octanol–water partition coefficient (Wildman–Crippen LogP) is 2.20. The van der Waals surface area contributed by atoms with Gasteiger partial charge in [-0.1, -0.05) is 30.3 Å². The number of nitrogens with zero attached hydrogens (tertiary/aromatic N) is 1. The first-order chi connectivity index (χ1) is 7.15. The Morgan fingerprint density at radius 2 is 2.07 bits per heavy atom.